The molecule has 0 saturated carbocycles. The average Bonchev–Trinajstić information content (AvgIpc) is 2.53. The number of nitrogens with zero attached hydrogens (tertiary/aromatic N) is 1. The molecule has 2 aromatic carbocycles. The molecule has 1 amide bonds. The number of benzene rings is 2. The largest absolute Gasteiger partial charge is 0.479 e. The first kappa shape index (κ1) is 15.2. The molecule has 22 heavy (non-hydrogen) atoms. The number of non-ortho nitro benzene ring substituents is 1. The quantitative estimate of drug-likeness (QED) is 0.649. The number of hydrogen-bond donors (Lipinski definition) is 2. The van der Waals surface area contributed by atoms with Gasteiger partial charge in [0.25, 0.3) is 11.6 Å². The fourth-order valence-corrected chi connectivity index (χ4v) is 1.88. The van der Waals surface area contributed by atoms with Crippen molar-refractivity contribution in [2.24, 2.45) is 0 Å². The predicted molar refractivity (Wildman–Crippen MR) is 77.4 cm³/mol. The lowest BCUT2D eigenvalue weighted by molar-refractivity contribution is -0.384. The van der Waals surface area contributed by atoms with E-state index in [4.69, 9.17) is 0 Å². The third-order valence-corrected chi connectivity index (χ3v) is 3.00. The van der Waals surface area contributed by atoms with E-state index in [1.807, 2.05) is 0 Å². The molecule has 2 aromatic rings. The topological polar surface area (TPSA) is 110 Å². The highest BCUT2D eigenvalue weighted by atomic mass is 16.6. The Labute approximate surface area is 125 Å². The van der Waals surface area contributed by atoms with Crippen molar-refractivity contribution in [3.8, 4) is 0 Å². The molecule has 0 heterocycles. The van der Waals surface area contributed by atoms with Gasteiger partial charge in [-0.1, -0.05) is 30.3 Å². The van der Waals surface area contributed by atoms with Crippen LogP contribution in [0.15, 0.2) is 54.6 Å². The number of amides is 1. The van der Waals surface area contributed by atoms with Gasteiger partial charge in [-0.2, -0.15) is 0 Å². The monoisotopic (exact) mass is 300 g/mol. The Morgan fingerprint density at radius 2 is 1.64 bits per heavy atom. The van der Waals surface area contributed by atoms with Crippen LogP contribution in [0.1, 0.15) is 22.0 Å². The molecule has 2 N–H and O–H groups in total. The van der Waals surface area contributed by atoms with Gasteiger partial charge in [-0.25, -0.2) is 4.79 Å². The minimum Gasteiger partial charge on any atom is -0.479 e. The van der Waals surface area contributed by atoms with Crippen molar-refractivity contribution in [3.05, 3.63) is 75.8 Å². The lowest BCUT2D eigenvalue weighted by Gasteiger charge is -2.14. The fraction of sp³-hybridized carbons (Fsp3) is 0.0667. The fourth-order valence-electron chi connectivity index (χ4n) is 1.88. The van der Waals surface area contributed by atoms with Gasteiger partial charge >= 0.3 is 5.97 Å². The third kappa shape index (κ3) is 3.45. The molecule has 0 aromatic heterocycles. The summed E-state index contributed by atoms with van der Waals surface area (Å²) in [7, 11) is 0. The lowest BCUT2D eigenvalue weighted by Crippen LogP contribution is -2.33. The average molecular weight is 300 g/mol. The van der Waals surface area contributed by atoms with Crippen LogP contribution in [-0.2, 0) is 4.79 Å². The molecule has 0 spiro atoms. The van der Waals surface area contributed by atoms with Crippen molar-refractivity contribution in [2.75, 3.05) is 0 Å². The molecule has 0 aliphatic heterocycles. The summed E-state index contributed by atoms with van der Waals surface area (Å²) in [5, 5.41) is 22.2. The molecule has 1 atom stereocenters. The van der Waals surface area contributed by atoms with E-state index in [2.05, 4.69) is 5.32 Å². The van der Waals surface area contributed by atoms with Gasteiger partial charge in [-0.3, -0.25) is 14.9 Å². The Bertz CT molecular complexity index is 698. The summed E-state index contributed by atoms with van der Waals surface area (Å²) >= 11 is 0. The van der Waals surface area contributed by atoms with Crippen LogP contribution in [-0.4, -0.2) is 21.9 Å². The summed E-state index contributed by atoms with van der Waals surface area (Å²) in [6.45, 7) is 0. The number of hydrogen-bond acceptors (Lipinski definition) is 4. The summed E-state index contributed by atoms with van der Waals surface area (Å²) in [6, 6.07) is 12.0. The molecule has 2 rings (SSSR count). The zero-order valence-electron chi connectivity index (χ0n) is 11.3. The molecular formula is C15H12N2O5. The third-order valence-electron chi connectivity index (χ3n) is 3.00. The number of nitro groups is 1. The van der Waals surface area contributed by atoms with Crippen LogP contribution in [0, 0.1) is 10.1 Å². The van der Waals surface area contributed by atoms with Crippen molar-refractivity contribution in [3.63, 3.8) is 0 Å². The smallest absolute Gasteiger partial charge is 0.330 e. The van der Waals surface area contributed by atoms with Crippen LogP contribution in [0.4, 0.5) is 5.69 Å². The number of rotatable bonds is 5. The minimum atomic E-state index is -1.19. The zero-order valence-corrected chi connectivity index (χ0v) is 11.3. The molecule has 0 radical (unpaired) electrons. The van der Waals surface area contributed by atoms with E-state index in [9.17, 15) is 24.8 Å². The van der Waals surface area contributed by atoms with Gasteiger partial charge in [0, 0.05) is 17.7 Å². The van der Waals surface area contributed by atoms with E-state index < -0.39 is 22.8 Å². The maximum Gasteiger partial charge on any atom is 0.330 e. The molecule has 0 aliphatic carbocycles. The van der Waals surface area contributed by atoms with Crippen molar-refractivity contribution < 1.29 is 19.6 Å². The second kappa shape index (κ2) is 6.49. The Morgan fingerprint density at radius 3 is 2.14 bits per heavy atom. The molecule has 112 valence electrons. The van der Waals surface area contributed by atoms with E-state index in [0.29, 0.717) is 5.56 Å². The summed E-state index contributed by atoms with van der Waals surface area (Å²) < 4.78 is 0. The van der Waals surface area contributed by atoms with Crippen LogP contribution >= 0.6 is 0 Å². The van der Waals surface area contributed by atoms with E-state index >= 15 is 0 Å². The second-order valence-corrected chi connectivity index (χ2v) is 4.46. The van der Waals surface area contributed by atoms with Crippen molar-refractivity contribution in [1.29, 1.82) is 0 Å². The first-order valence-electron chi connectivity index (χ1n) is 6.32. The van der Waals surface area contributed by atoms with Gasteiger partial charge in [0.05, 0.1) is 4.92 Å². The first-order chi connectivity index (χ1) is 10.5. The van der Waals surface area contributed by atoms with Gasteiger partial charge in [-0.05, 0) is 17.7 Å². The molecular weight excluding hydrogens is 288 g/mol. The number of carbonyl (C=O) groups is 2. The Balaban J connectivity index is 2.18. The molecule has 7 nitrogen and oxygen atoms in total. The number of carbonyl (C=O) groups excluding carboxylic acids is 1. The number of nitrogens with one attached hydrogen (secondary N) is 1. The summed E-state index contributed by atoms with van der Waals surface area (Å²) in [5.74, 6) is -1.81. The van der Waals surface area contributed by atoms with E-state index in [-0.39, 0.29) is 11.3 Å². The zero-order chi connectivity index (χ0) is 16.1. The summed E-state index contributed by atoms with van der Waals surface area (Å²) in [6.07, 6.45) is 0. The highest BCUT2D eigenvalue weighted by Gasteiger charge is 2.22. The molecule has 0 aliphatic rings. The van der Waals surface area contributed by atoms with Gasteiger partial charge in [-0.15, -0.1) is 0 Å². The Hall–Kier alpha value is -3.22. The van der Waals surface area contributed by atoms with Crippen LogP contribution in [0.5, 0.6) is 0 Å². The second-order valence-electron chi connectivity index (χ2n) is 4.46. The van der Waals surface area contributed by atoms with Crippen molar-refractivity contribution in [1.82, 2.24) is 5.32 Å². The van der Waals surface area contributed by atoms with Gasteiger partial charge in [0.1, 0.15) is 0 Å². The van der Waals surface area contributed by atoms with Crippen LogP contribution in [0.3, 0.4) is 0 Å². The van der Waals surface area contributed by atoms with Gasteiger partial charge in [0.15, 0.2) is 6.04 Å². The van der Waals surface area contributed by atoms with Gasteiger partial charge in [0.2, 0.25) is 0 Å². The van der Waals surface area contributed by atoms with Crippen molar-refractivity contribution >= 4 is 17.6 Å². The van der Waals surface area contributed by atoms with E-state index in [0.717, 1.165) is 0 Å². The number of carboxylic acid groups (broad SMARTS) is 1. The number of aliphatic carboxylic acids is 1. The van der Waals surface area contributed by atoms with E-state index in [1.165, 1.54) is 24.3 Å². The highest BCUT2D eigenvalue weighted by molar-refractivity contribution is 5.97. The maximum atomic E-state index is 12.1. The Kier molecular flexibility index (Phi) is 4.47. The highest BCUT2D eigenvalue weighted by Crippen LogP contribution is 2.15. The van der Waals surface area contributed by atoms with Crippen LogP contribution in [0.2, 0.25) is 0 Å². The SMILES string of the molecule is O=C(N[C@@H](C(=O)O)c1ccccc1)c1ccc([N+](=O)[O-])cc1. The summed E-state index contributed by atoms with van der Waals surface area (Å²) in [5.41, 5.74) is 0.437. The minimum absolute atomic E-state index is 0.144. The maximum absolute atomic E-state index is 12.1. The number of nitro benzene ring substituents is 1. The van der Waals surface area contributed by atoms with Gasteiger partial charge < -0.3 is 10.4 Å². The molecule has 0 bridgehead atoms. The summed E-state index contributed by atoms with van der Waals surface area (Å²) in [4.78, 5) is 33.4. The number of carboxylic acids is 1. The predicted octanol–water partition coefficient (Wildman–Crippen LogP) is 2.15. The molecule has 7 heteroatoms. The normalized spacial score (nSPS) is 11.5. The lowest BCUT2D eigenvalue weighted by atomic mass is 10.1. The standard InChI is InChI=1S/C15H12N2O5/c18-14(11-6-8-12(9-7-11)17(21)22)16-13(15(19)20)10-4-2-1-3-5-10/h1-9,13H,(H,16,18)(H,19,20)/t13-/m1/s1. The van der Waals surface area contributed by atoms with E-state index in [1.54, 1.807) is 30.3 Å². The Morgan fingerprint density at radius 1 is 1.05 bits per heavy atom. The van der Waals surface area contributed by atoms with Crippen LogP contribution in [0.25, 0.3) is 0 Å². The molecule has 0 unspecified atom stereocenters. The molecule has 0 saturated heterocycles. The van der Waals surface area contributed by atoms with Crippen LogP contribution < -0.4 is 5.32 Å². The first-order valence-corrected chi connectivity index (χ1v) is 6.32. The van der Waals surface area contributed by atoms with Crippen molar-refractivity contribution in [2.45, 2.75) is 6.04 Å². The molecule has 0 fully saturated rings.